The van der Waals surface area contributed by atoms with Gasteiger partial charge in [0.05, 0.1) is 6.26 Å². The zero-order chi connectivity index (χ0) is 4.24. The zero-order valence-corrected chi connectivity index (χ0v) is 3.90. The van der Waals surface area contributed by atoms with Crippen molar-refractivity contribution in [1.82, 2.24) is 0 Å². The molecule has 0 aromatic rings. The van der Waals surface area contributed by atoms with E-state index >= 15 is 0 Å². The lowest BCUT2D eigenvalue weighted by molar-refractivity contribution is 0.0937. The van der Waals surface area contributed by atoms with Crippen LogP contribution in [0.15, 0.2) is 11.7 Å². The minimum absolute atomic E-state index is 0.376. The Morgan fingerprint density at radius 3 is 2.83 bits per heavy atom. The average molecular weight is 104 g/mol. The topological polar surface area (TPSA) is 18.5 Å². The predicted octanol–water partition coefficient (Wildman–Crippen LogP) is 1.11. The molecule has 0 saturated carbocycles. The molecule has 34 valence electrons. The van der Waals surface area contributed by atoms with Crippen LogP contribution in [0.4, 0.5) is 0 Å². The van der Waals surface area contributed by atoms with Crippen molar-refractivity contribution >= 4 is 12.0 Å². The average Bonchev–Trinajstić information content (AvgIpc) is 1.72. The molecule has 1 aliphatic heterocycles. The van der Waals surface area contributed by atoms with Crippen molar-refractivity contribution in [3.8, 4) is 0 Å². The maximum absolute atomic E-state index is 4.68. The molecule has 0 saturated heterocycles. The van der Waals surface area contributed by atoms with Crippen molar-refractivity contribution in [2.75, 3.05) is 6.79 Å². The molecule has 0 bridgehead atoms. The Hall–Kier alpha value is -0.150. The van der Waals surface area contributed by atoms with Gasteiger partial charge in [-0.05, 0) is 0 Å². The summed E-state index contributed by atoms with van der Waals surface area (Å²) in [5, 5.41) is 1.74. The van der Waals surface area contributed by atoms with Gasteiger partial charge in [-0.25, -0.2) is 0 Å². The van der Waals surface area contributed by atoms with Crippen LogP contribution in [0.1, 0.15) is 0 Å². The van der Waals surface area contributed by atoms with Crippen LogP contribution in [-0.4, -0.2) is 6.79 Å². The molecule has 0 spiro atoms. The first-order valence-corrected chi connectivity index (χ1v) is 2.35. The summed E-state index contributed by atoms with van der Waals surface area (Å²) in [6.07, 6.45) is 1.61. The second kappa shape index (κ2) is 2.10. The SMILES string of the molecule is C1=CSOCO1. The Bertz CT molecular complexity index is 53.8. The van der Waals surface area contributed by atoms with Crippen LogP contribution in [0.5, 0.6) is 0 Å². The van der Waals surface area contributed by atoms with Crippen LogP contribution in [0.2, 0.25) is 0 Å². The van der Waals surface area contributed by atoms with Crippen molar-refractivity contribution in [1.29, 1.82) is 0 Å². The highest BCUT2D eigenvalue weighted by molar-refractivity contribution is 7.97. The van der Waals surface area contributed by atoms with Crippen LogP contribution < -0.4 is 0 Å². The quantitative estimate of drug-likeness (QED) is 0.429. The van der Waals surface area contributed by atoms with E-state index in [1.165, 1.54) is 12.0 Å². The molecule has 3 heteroatoms. The summed E-state index contributed by atoms with van der Waals surface area (Å²) < 4.78 is 9.32. The van der Waals surface area contributed by atoms with Gasteiger partial charge in [-0.3, -0.25) is 4.18 Å². The molecular weight excluding hydrogens is 100 g/mol. The van der Waals surface area contributed by atoms with E-state index in [2.05, 4.69) is 8.92 Å². The molecule has 0 fully saturated rings. The largest absolute Gasteiger partial charge is 0.473 e. The van der Waals surface area contributed by atoms with Gasteiger partial charge in [0.2, 0.25) is 6.79 Å². The Balaban J connectivity index is 2.26. The third kappa shape index (κ3) is 0.914. The monoisotopic (exact) mass is 104 g/mol. The maximum Gasteiger partial charge on any atom is 0.201 e. The molecule has 1 aliphatic rings. The van der Waals surface area contributed by atoms with Gasteiger partial charge in [-0.15, -0.1) is 0 Å². The summed E-state index contributed by atoms with van der Waals surface area (Å²) in [5.74, 6) is 0. The standard InChI is InChI=1S/C3H4O2S/c1-2-6-5-3-4-1/h1-2H,3H2. The second-order valence-electron chi connectivity index (χ2n) is 0.771. The number of rotatable bonds is 0. The number of hydrogen-bond donors (Lipinski definition) is 0. The predicted molar refractivity (Wildman–Crippen MR) is 23.8 cm³/mol. The summed E-state index contributed by atoms with van der Waals surface area (Å²) in [6.45, 7) is 0.376. The lowest BCUT2D eigenvalue weighted by Gasteiger charge is -2.01. The fraction of sp³-hybridized carbons (Fsp3) is 0.333. The van der Waals surface area contributed by atoms with E-state index in [0.717, 1.165) is 0 Å². The van der Waals surface area contributed by atoms with Crippen LogP contribution in [0, 0.1) is 0 Å². The molecule has 0 aromatic carbocycles. The third-order valence-corrected chi connectivity index (χ3v) is 0.846. The highest BCUT2D eigenvalue weighted by atomic mass is 32.2. The lowest BCUT2D eigenvalue weighted by atomic mass is 11.1. The molecule has 0 radical (unpaired) electrons. The first-order valence-electron chi connectivity index (χ1n) is 1.55. The van der Waals surface area contributed by atoms with Crippen LogP contribution >= 0.6 is 12.0 Å². The molecule has 0 N–H and O–H groups in total. The van der Waals surface area contributed by atoms with Gasteiger partial charge in [0.15, 0.2) is 0 Å². The minimum Gasteiger partial charge on any atom is -0.473 e. The van der Waals surface area contributed by atoms with E-state index in [1.54, 1.807) is 11.7 Å². The van der Waals surface area contributed by atoms with E-state index in [1.807, 2.05) is 0 Å². The normalized spacial score (nSPS) is 20.0. The van der Waals surface area contributed by atoms with Crippen LogP contribution in [0.3, 0.4) is 0 Å². The fourth-order valence-corrected chi connectivity index (χ4v) is 0.510. The Morgan fingerprint density at radius 2 is 2.67 bits per heavy atom. The Kier molecular flexibility index (Phi) is 1.41. The molecular formula is C3H4O2S. The smallest absolute Gasteiger partial charge is 0.201 e. The lowest BCUT2D eigenvalue weighted by Crippen LogP contribution is -1.89. The molecule has 0 unspecified atom stereocenters. The summed E-state index contributed by atoms with van der Waals surface area (Å²) in [4.78, 5) is 0. The number of hydrogen-bond acceptors (Lipinski definition) is 3. The van der Waals surface area contributed by atoms with Gasteiger partial charge in [0, 0.05) is 17.5 Å². The van der Waals surface area contributed by atoms with Crippen molar-refractivity contribution in [3.63, 3.8) is 0 Å². The molecule has 1 heterocycles. The molecule has 0 aliphatic carbocycles. The van der Waals surface area contributed by atoms with Crippen LogP contribution in [0.25, 0.3) is 0 Å². The third-order valence-electron chi connectivity index (χ3n) is 0.392. The van der Waals surface area contributed by atoms with Gasteiger partial charge < -0.3 is 4.74 Å². The summed E-state index contributed by atoms with van der Waals surface area (Å²) in [5.41, 5.74) is 0. The highest BCUT2D eigenvalue weighted by Crippen LogP contribution is 2.08. The molecule has 2 nitrogen and oxygen atoms in total. The van der Waals surface area contributed by atoms with Gasteiger partial charge >= 0.3 is 0 Å². The van der Waals surface area contributed by atoms with E-state index in [-0.39, 0.29) is 0 Å². The Morgan fingerprint density at radius 1 is 1.67 bits per heavy atom. The van der Waals surface area contributed by atoms with Gasteiger partial charge in [0.25, 0.3) is 0 Å². The Labute approximate surface area is 40.3 Å². The van der Waals surface area contributed by atoms with Crippen molar-refractivity contribution in [3.05, 3.63) is 11.7 Å². The molecule has 0 atom stereocenters. The van der Waals surface area contributed by atoms with E-state index in [9.17, 15) is 0 Å². The summed E-state index contributed by atoms with van der Waals surface area (Å²) in [7, 11) is 0. The van der Waals surface area contributed by atoms with E-state index in [0.29, 0.717) is 6.79 Å². The summed E-state index contributed by atoms with van der Waals surface area (Å²) in [6, 6.07) is 0. The van der Waals surface area contributed by atoms with Gasteiger partial charge in [0.1, 0.15) is 0 Å². The van der Waals surface area contributed by atoms with Gasteiger partial charge in [-0.2, -0.15) is 0 Å². The first kappa shape index (κ1) is 4.02. The highest BCUT2D eigenvalue weighted by Gasteiger charge is 1.86. The molecule has 0 amide bonds. The van der Waals surface area contributed by atoms with Crippen molar-refractivity contribution in [2.45, 2.75) is 0 Å². The zero-order valence-electron chi connectivity index (χ0n) is 3.09. The summed E-state index contributed by atoms with van der Waals surface area (Å²) >= 11 is 1.29. The minimum atomic E-state index is 0.376. The van der Waals surface area contributed by atoms with Crippen molar-refractivity contribution < 1.29 is 8.92 Å². The maximum atomic E-state index is 4.68. The van der Waals surface area contributed by atoms with Crippen LogP contribution in [-0.2, 0) is 8.92 Å². The molecule has 6 heavy (non-hydrogen) atoms. The second-order valence-corrected chi connectivity index (χ2v) is 1.47. The van der Waals surface area contributed by atoms with Gasteiger partial charge in [-0.1, -0.05) is 0 Å². The van der Waals surface area contributed by atoms with E-state index in [4.69, 9.17) is 0 Å². The molecule has 1 rings (SSSR count). The number of ether oxygens (including phenoxy) is 1. The first-order chi connectivity index (χ1) is 3.00. The van der Waals surface area contributed by atoms with Crippen molar-refractivity contribution in [2.24, 2.45) is 0 Å². The van der Waals surface area contributed by atoms with E-state index < -0.39 is 0 Å². The molecule has 0 aromatic heterocycles. The fourth-order valence-electron chi connectivity index (χ4n) is 0.196.